The third-order valence-electron chi connectivity index (χ3n) is 2.59. The van der Waals surface area contributed by atoms with E-state index in [-0.39, 0.29) is 12.6 Å². The molecular weight excluding hydrogens is 218 g/mol. The van der Waals surface area contributed by atoms with Gasteiger partial charge in [-0.3, -0.25) is 0 Å². The average Bonchev–Trinajstić information content (AvgIpc) is 2.35. The number of hydrogen-bond donors (Lipinski definition) is 3. The number of nitrogens with zero attached hydrogens (tertiary/aromatic N) is 1. The van der Waals surface area contributed by atoms with Gasteiger partial charge in [-0.05, 0) is 24.6 Å². The fraction of sp³-hybridized carbons (Fsp3) is 0.417. The van der Waals surface area contributed by atoms with Crippen LogP contribution in [-0.2, 0) is 0 Å². The largest absolute Gasteiger partial charge is 0.399 e. The van der Waals surface area contributed by atoms with Gasteiger partial charge in [-0.25, -0.2) is 4.79 Å². The Hall–Kier alpha value is -1.75. The Kier molecular flexibility index (Phi) is 4.78. The van der Waals surface area contributed by atoms with Crippen molar-refractivity contribution in [1.29, 1.82) is 0 Å². The van der Waals surface area contributed by atoms with Crippen molar-refractivity contribution in [3.63, 3.8) is 0 Å². The van der Waals surface area contributed by atoms with Crippen LogP contribution in [0, 0.1) is 0 Å². The molecule has 0 saturated heterocycles. The number of hydrogen-bond acceptors (Lipinski definition) is 3. The van der Waals surface area contributed by atoms with Crippen LogP contribution in [0.2, 0.25) is 0 Å². The average molecular weight is 237 g/mol. The Bertz CT molecular complexity index is 365. The standard InChI is InChI=1S/C12H19N3O2/c1-3-15(2)12(17)14-8-11(16)9-4-6-10(13)7-5-9/h4-7,11,16H,3,8,13H2,1-2H3,(H,14,17). The molecule has 1 aromatic rings. The molecule has 5 heteroatoms. The van der Waals surface area contributed by atoms with Crippen molar-refractivity contribution >= 4 is 11.7 Å². The normalized spacial score (nSPS) is 11.9. The lowest BCUT2D eigenvalue weighted by Crippen LogP contribution is -2.39. The van der Waals surface area contributed by atoms with Gasteiger partial charge in [0.15, 0.2) is 0 Å². The first-order chi connectivity index (χ1) is 8.04. The molecular formula is C12H19N3O2. The van der Waals surface area contributed by atoms with Crippen molar-refractivity contribution in [3.8, 4) is 0 Å². The lowest BCUT2D eigenvalue weighted by atomic mass is 10.1. The van der Waals surface area contributed by atoms with Gasteiger partial charge in [-0.2, -0.15) is 0 Å². The Morgan fingerprint density at radius 1 is 1.47 bits per heavy atom. The molecule has 5 nitrogen and oxygen atoms in total. The van der Waals surface area contributed by atoms with E-state index in [1.54, 1.807) is 31.3 Å². The van der Waals surface area contributed by atoms with Crippen LogP contribution < -0.4 is 11.1 Å². The molecule has 0 aliphatic carbocycles. The zero-order valence-electron chi connectivity index (χ0n) is 10.2. The van der Waals surface area contributed by atoms with Gasteiger partial charge < -0.3 is 21.1 Å². The molecule has 0 aliphatic heterocycles. The molecule has 0 fully saturated rings. The van der Waals surface area contributed by atoms with E-state index in [2.05, 4.69) is 5.32 Å². The first-order valence-electron chi connectivity index (χ1n) is 5.57. The number of urea groups is 1. The van der Waals surface area contributed by atoms with Crippen molar-refractivity contribution in [3.05, 3.63) is 29.8 Å². The minimum Gasteiger partial charge on any atom is -0.399 e. The first-order valence-corrected chi connectivity index (χ1v) is 5.57. The van der Waals surface area contributed by atoms with Crippen LogP contribution in [0.15, 0.2) is 24.3 Å². The maximum atomic E-state index is 11.4. The summed E-state index contributed by atoms with van der Waals surface area (Å²) in [5.41, 5.74) is 6.93. The summed E-state index contributed by atoms with van der Waals surface area (Å²) >= 11 is 0. The lowest BCUT2D eigenvalue weighted by molar-refractivity contribution is 0.166. The number of aliphatic hydroxyl groups is 1. The molecule has 94 valence electrons. The monoisotopic (exact) mass is 237 g/mol. The molecule has 0 aliphatic rings. The molecule has 0 aromatic heterocycles. The molecule has 1 atom stereocenters. The van der Waals surface area contributed by atoms with Crippen LogP contribution in [0.3, 0.4) is 0 Å². The topological polar surface area (TPSA) is 78.6 Å². The molecule has 1 unspecified atom stereocenters. The number of nitrogen functional groups attached to an aromatic ring is 1. The smallest absolute Gasteiger partial charge is 0.317 e. The number of amides is 2. The zero-order valence-corrected chi connectivity index (χ0v) is 10.2. The zero-order chi connectivity index (χ0) is 12.8. The summed E-state index contributed by atoms with van der Waals surface area (Å²) in [5.74, 6) is 0. The minimum atomic E-state index is -0.718. The van der Waals surface area contributed by atoms with Crippen molar-refractivity contribution in [1.82, 2.24) is 10.2 Å². The highest BCUT2D eigenvalue weighted by molar-refractivity contribution is 5.73. The van der Waals surface area contributed by atoms with Crippen molar-refractivity contribution in [2.75, 3.05) is 25.9 Å². The van der Waals surface area contributed by atoms with E-state index < -0.39 is 6.10 Å². The maximum absolute atomic E-state index is 11.4. The van der Waals surface area contributed by atoms with Gasteiger partial charge in [0, 0.05) is 25.8 Å². The number of rotatable bonds is 4. The van der Waals surface area contributed by atoms with Crippen LogP contribution in [0.1, 0.15) is 18.6 Å². The summed E-state index contributed by atoms with van der Waals surface area (Å²) in [6, 6.07) is 6.74. The van der Waals surface area contributed by atoms with Gasteiger partial charge in [0.2, 0.25) is 0 Å². The molecule has 4 N–H and O–H groups in total. The number of nitrogens with one attached hydrogen (secondary N) is 1. The maximum Gasteiger partial charge on any atom is 0.317 e. The van der Waals surface area contributed by atoms with Gasteiger partial charge in [0.1, 0.15) is 0 Å². The molecule has 0 radical (unpaired) electrons. The van der Waals surface area contributed by atoms with E-state index in [0.29, 0.717) is 12.2 Å². The molecule has 0 spiro atoms. The van der Waals surface area contributed by atoms with Crippen molar-refractivity contribution in [2.45, 2.75) is 13.0 Å². The summed E-state index contributed by atoms with van der Waals surface area (Å²) in [4.78, 5) is 13.0. The molecule has 0 heterocycles. The van der Waals surface area contributed by atoms with E-state index in [1.807, 2.05) is 6.92 Å². The number of anilines is 1. The second kappa shape index (κ2) is 6.10. The number of nitrogens with two attached hydrogens (primary N) is 1. The predicted octanol–water partition coefficient (Wildman–Crippen LogP) is 0.963. The van der Waals surface area contributed by atoms with Crippen LogP contribution in [0.4, 0.5) is 10.5 Å². The van der Waals surface area contributed by atoms with Crippen LogP contribution in [0.5, 0.6) is 0 Å². The van der Waals surface area contributed by atoms with E-state index in [1.165, 1.54) is 4.90 Å². The fourth-order valence-corrected chi connectivity index (χ4v) is 1.30. The fourth-order valence-electron chi connectivity index (χ4n) is 1.30. The molecule has 1 rings (SSSR count). The summed E-state index contributed by atoms with van der Waals surface area (Å²) < 4.78 is 0. The lowest BCUT2D eigenvalue weighted by Gasteiger charge is -2.17. The Balaban J connectivity index is 2.47. The van der Waals surface area contributed by atoms with E-state index in [0.717, 1.165) is 5.56 Å². The van der Waals surface area contributed by atoms with Crippen LogP contribution in [0.25, 0.3) is 0 Å². The van der Waals surface area contributed by atoms with Gasteiger partial charge in [0.25, 0.3) is 0 Å². The highest BCUT2D eigenvalue weighted by Gasteiger charge is 2.10. The Morgan fingerprint density at radius 2 is 2.06 bits per heavy atom. The molecule has 1 aromatic carbocycles. The quantitative estimate of drug-likeness (QED) is 0.683. The number of benzene rings is 1. The highest BCUT2D eigenvalue weighted by atomic mass is 16.3. The van der Waals surface area contributed by atoms with Crippen molar-refractivity contribution in [2.24, 2.45) is 0 Å². The third-order valence-corrected chi connectivity index (χ3v) is 2.59. The molecule has 0 saturated carbocycles. The van der Waals surface area contributed by atoms with Gasteiger partial charge in [0.05, 0.1) is 6.10 Å². The number of carbonyl (C=O) groups excluding carboxylic acids is 1. The molecule has 2 amide bonds. The third kappa shape index (κ3) is 3.96. The second-order valence-corrected chi connectivity index (χ2v) is 3.88. The second-order valence-electron chi connectivity index (χ2n) is 3.88. The summed E-state index contributed by atoms with van der Waals surface area (Å²) in [7, 11) is 1.70. The predicted molar refractivity (Wildman–Crippen MR) is 67.5 cm³/mol. The number of aliphatic hydroxyl groups excluding tert-OH is 1. The van der Waals surface area contributed by atoms with Gasteiger partial charge in [-0.1, -0.05) is 12.1 Å². The van der Waals surface area contributed by atoms with E-state index in [9.17, 15) is 9.90 Å². The van der Waals surface area contributed by atoms with E-state index >= 15 is 0 Å². The van der Waals surface area contributed by atoms with Crippen molar-refractivity contribution < 1.29 is 9.90 Å². The van der Waals surface area contributed by atoms with E-state index in [4.69, 9.17) is 5.73 Å². The van der Waals surface area contributed by atoms with Crippen LogP contribution >= 0.6 is 0 Å². The summed E-state index contributed by atoms with van der Waals surface area (Å²) in [5, 5.41) is 12.5. The minimum absolute atomic E-state index is 0.188. The molecule has 0 bridgehead atoms. The van der Waals surface area contributed by atoms with Gasteiger partial charge in [-0.15, -0.1) is 0 Å². The highest BCUT2D eigenvalue weighted by Crippen LogP contribution is 2.13. The summed E-state index contributed by atoms with van der Waals surface area (Å²) in [6.07, 6.45) is -0.718. The SMILES string of the molecule is CCN(C)C(=O)NCC(O)c1ccc(N)cc1. The Labute approximate surface area is 101 Å². The Morgan fingerprint density at radius 3 is 2.59 bits per heavy atom. The summed E-state index contributed by atoms with van der Waals surface area (Å²) in [6.45, 7) is 2.70. The molecule has 17 heavy (non-hydrogen) atoms. The first kappa shape index (κ1) is 13.3. The van der Waals surface area contributed by atoms with Gasteiger partial charge >= 0.3 is 6.03 Å². The van der Waals surface area contributed by atoms with Crippen LogP contribution in [-0.4, -0.2) is 36.2 Å². The number of carbonyl (C=O) groups is 1.